The average Bonchev–Trinajstić information content (AvgIpc) is 2.76. The summed E-state index contributed by atoms with van der Waals surface area (Å²) in [5.74, 6) is 0.395. The molecule has 156 valence electrons. The molecule has 1 aromatic carbocycles. The predicted octanol–water partition coefficient (Wildman–Crippen LogP) is 2.78. The van der Waals surface area contributed by atoms with Gasteiger partial charge in [0.2, 0.25) is 5.91 Å². The Balaban J connectivity index is 1.30. The number of likely N-dealkylation sites (tertiary alicyclic amines) is 1. The van der Waals surface area contributed by atoms with E-state index in [0.717, 1.165) is 11.4 Å². The summed E-state index contributed by atoms with van der Waals surface area (Å²) in [5, 5.41) is 2.74. The fourth-order valence-corrected chi connectivity index (χ4v) is 4.00. The molecule has 1 N–H and O–H groups in total. The van der Waals surface area contributed by atoms with Gasteiger partial charge in [-0.3, -0.25) is 19.4 Å². The number of aromatic nitrogens is 1. The number of amides is 2. The Kier molecular flexibility index (Phi) is 5.79. The van der Waals surface area contributed by atoms with Crippen LogP contribution >= 0.6 is 0 Å². The fourth-order valence-electron chi connectivity index (χ4n) is 4.00. The van der Waals surface area contributed by atoms with E-state index in [-0.39, 0.29) is 30.1 Å². The first-order chi connectivity index (χ1) is 14.5. The molecular formula is C23H25N3O4. The van der Waals surface area contributed by atoms with E-state index < -0.39 is 0 Å². The first-order valence-corrected chi connectivity index (χ1v) is 10.3. The van der Waals surface area contributed by atoms with Crippen LogP contribution < -0.4 is 10.1 Å². The molecule has 7 nitrogen and oxygen atoms in total. The van der Waals surface area contributed by atoms with Crippen LogP contribution in [0, 0.1) is 12.8 Å². The Hall–Kier alpha value is -3.22. The van der Waals surface area contributed by atoms with Crippen LogP contribution in [0.3, 0.4) is 0 Å². The molecular weight excluding hydrogens is 382 g/mol. The third-order valence-corrected chi connectivity index (χ3v) is 5.66. The molecule has 1 saturated heterocycles. The van der Waals surface area contributed by atoms with Crippen LogP contribution in [0.1, 0.15) is 41.0 Å². The molecule has 1 aromatic heterocycles. The summed E-state index contributed by atoms with van der Waals surface area (Å²) in [5.41, 5.74) is 2.98. The zero-order valence-corrected chi connectivity index (χ0v) is 17.0. The predicted molar refractivity (Wildman–Crippen MR) is 111 cm³/mol. The maximum absolute atomic E-state index is 12.9. The molecule has 4 rings (SSSR count). The summed E-state index contributed by atoms with van der Waals surface area (Å²) >= 11 is 0. The number of pyridine rings is 1. The van der Waals surface area contributed by atoms with Crippen molar-refractivity contribution in [1.29, 1.82) is 0 Å². The number of fused-ring (bicyclic) bond motifs is 1. The number of carbonyl (C=O) groups excluding carboxylic acids is 3. The summed E-state index contributed by atoms with van der Waals surface area (Å²) in [6.07, 6.45) is 2.35. The number of carbonyl (C=O) groups is 3. The number of benzene rings is 1. The second kappa shape index (κ2) is 8.65. The first kappa shape index (κ1) is 20.1. The van der Waals surface area contributed by atoms with Crippen molar-refractivity contribution in [2.45, 2.75) is 32.6 Å². The quantitative estimate of drug-likeness (QED) is 0.770. The van der Waals surface area contributed by atoms with Gasteiger partial charge < -0.3 is 15.0 Å². The van der Waals surface area contributed by atoms with Crippen LogP contribution in [-0.4, -0.2) is 47.2 Å². The minimum absolute atomic E-state index is 0.00722. The Morgan fingerprint density at radius 2 is 2.00 bits per heavy atom. The van der Waals surface area contributed by atoms with Gasteiger partial charge in [-0.25, -0.2) is 0 Å². The summed E-state index contributed by atoms with van der Waals surface area (Å²) in [7, 11) is 0. The maximum Gasteiger partial charge on any atom is 0.262 e. The van der Waals surface area contributed by atoms with Gasteiger partial charge >= 0.3 is 0 Å². The van der Waals surface area contributed by atoms with Crippen molar-refractivity contribution >= 4 is 23.3 Å². The molecule has 0 radical (unpaired) electrons. The van der Waals surface area contributed by atoms with E-state index >= 15 is 0 Å². The molecule has 30 heavy (non-hydrogen) atoms. The lowest BCUT2D eigenvalue weighted by molar-refractivity contribution is -0.132. The highest BCUT2D eigenvalue weighted by molar-refractivity contribution is 6.01. The van der Waals surface area contributed by atoms with Gasteiger partial charge in [-0.15, -0.1) is 0 Å². The molecule has 0 atom stereocenters. The molecule has 0 bridgehead atoms. The highest BCUT2D eigenvalue weighted by Gasteiger charge is 2.28. The summed E-state index contributed by atoms with van der Waals surface area (Å²) in [4.78, 5) is 43.3. The molecule has 2 amide bonds. The molecule has 0 spiro atoms. The highest BCUT2D eigenvalue weighted by atomic mass is 16.5. The minimum Gasteiger partial charge on any atom is -0.482 e. The molecule has 2 aliphatic rings. The zero-order chi connectivity index (χ0) is 21.1. The lowest BCUT2D eigenvalue weighted by Crippen LogP contribution is -2.40. The van der Waals surface area contributed by atoms with Crippen molar-refractivity contribution in [2.24, 2.45) is 5.92 Å². The lowest BCUT2D eigenvalue weighted by Gasteiger charge is -2.31. The number of ketones is 1. The molecule has 0 aliphatic carbocycles. The standard InChI is InChI=1S/C23H25N3O4/c1-15-3-2-4-18(24-15)6-8-22(28)26-11-9-16(10-12-26)23(29)17-5-7-20-19(13-17)25-21(27)14-30-20/h2-5,7,13,16H,6,8-12,14H2,1H3,(H,25,27). The van der Waals surface area contributed by atoms with Crippen LogP contribution in [-0.2, 0) is 16.0 Å². The van der Waals surface area contributed by atoms with Crippen molar-refractivity contribution in [3.8, 4) is 5.75 Å². The average molecular weight is 407 g/mol. The number of anilines is 1. The van der Waals surface area contributed by atoms with E-state index in [1.165, 1.54) is 0 Å². The van der Waals surface area contributed by atoms with Crippen LogP contribution in [0.15, 0.2) is 36.4 Å². The Morgan fingerprint density at radius 3 is 2.77 bits per heavy atom. The highest BCUT2D eigenvalue weighted by Crippen LogP contribution is 2.31. The van der Waals surface area contributed by atoms with Crippen LogP contribution in [0.5, 0.6) is 5.75 Å². The molecule has 3 heterocycles. The van der Waals surface area contributed by atoms with E-state index in [4.69, 9.17) is 4.74 Å². The Labute approximate surface area is 175 Å². The fraction of sp³-hybridized carbons (Fsp3) is 0.391. The minimum atomic E-state index is -0.222. The number of ether oxygens (including phenoxy) is 1. The van der Waals surface area contributed by atoms with Crippen molar-refractivity contribution < 1.29 is 19.1 Å². The van der Waals surface area contributed by atoms with Crippen molar-refractivity contribution in [3.63, 3.8) is 0 Å². The largest absolute Gasteiger partial charge is 0.482 e. The Morgan fingerprint density at radius 1 is 1.20 bits per heavy atom. The third kappa shape index (κ3) is 4.50. The first-order valence-electron chi connectivity index (χ1n) is 10.3. The maximum atomic E-state index is 12.9. The monoisotopic (exact) mass is 407 g/mol. The van der Waals surface area contributed by atoms with E-state index in [9.17, 15) is 14.4 Å². The van der Waals surface area contributed by atoms with Crippen LogP contribution in [0.2, 0.25) is 0 Å². The third-order valence-electron chi connectivity index (χ3n) is 5.66. The molecule has 1 fully saturated rings. The van der Waals surface area contributed by atoms with E-state index in [2.05, 4.69) is 10.3 Å². The molecule has 2 aliphatic heterocycles. The number of nitrogens with zero attached hydrogens (tertiary/aromatic N) is 2. The SMILES string of the molecule is Cc1cccc(CCC(=O)N2CCC(C(=O)c3ccc4c(c3)NC(=O)CO4)CC2)n1. The summed E-state index contributed by atoms with van der Waals surface area (Å²) in [6, 6.07) is 11.0. The summed E-state index contributed by atoms with van der Waals surface area (Å²) in [6.45, 7) is 3.10. The Bertz CT molecular complexity index is 980. The van der Waals surface area contributed by atoms with E-state index in [0.29, 0.717) is 55.8 Å². The van der Waals surface area contributed by atoms with Gasteiger partial charge in [0.25, 0.3) is 5.91 Å². The molecule has 0 unspecified atom stereocenters. The van der Waals surface area contributed by atoms with Gasteiger partial charge in [-0.1, -0.05) is 6.07 Å². The second-order valence-electron chi connectivity index (χ2n) is 7.84. The molecule has 2 aromatic rings. The van der Waals surface area contributed by atoms with Gasteiger partial charge in [-0.05, 0) is 56.5 Å². The van der Waals surface area contributed by atoms with Crippen molar-refractivity contribution in [3.05, 3.63) is 53.3 Å². The van der Waals surface area contributed by atoms with Gasteiger partial charge in [0.05, 0.1) is 5.69 Å². The second-order valence-corrected chi connectivity index (χ2v) is 7.84. The number of aryl methyl sites for hydroxylation is 2. The van der Waals surface area contributed by atoms with Gasteiger partial charge in [-0.2, -0.15) is 0 Å². The van der Waals surface area contributed by atoms with Crippen LogP contribution in [0.4, 0.5) is 5.69 Å². The smallest absolute Gasteiger partial charge is 0.262 e. The zero-order valence-electron chi connectivity index (χ0n) is 17.0. The van der Waals surface area contributed by atoms with Gasteiger partial charge in [0, 0.05) is 42.4 Å². The molecule has 7 heteroatoms. The topological polar surface area (TPSA) is 88.6 Å². The number of Topliss-reactive ketones (excluding diaryl/α,β-unsaturated/α-hetero) is 1. The van der Waals surface area contributed by atoms with E-state index in [1.54, 1.807) is 18.2 Å². The number of hydrogen-bond acceptors (Lipinski definition) is 5. The number of nitrogens with one attached hydrogen (secondary N) is 1. The van der Waals surface area contributed by atoms with E-state index in [1.807, 2.05) is 30.0 Å². The summed E-state index contributed by atoms with van der Waals surface area (Å²) < 4.78 is 5.35. The number of rotatable bonds is 5. The normalized spacial score (nSPS) is 16.4. The number of piperidine rings is 1. The lowest BCUT2D eigenvalue weighted by atomic mass is 9.88. The number of hydrogen-bond donors (Lipinski definition) is 1. The van der Waals surface area contributed by atoms with Crippen molar-refractivity contribution in [1.82, 2.24) is 9.88 Å². The van der Waals surface area contributed by atoms with Gasteiger partial charge in [0.1, 0.15) is 5.75 Å². The van der Waals surface area contributed by atoms with Gasteiger partial charge in [0.15, 0.2) is 12.4 Å². The molecule has 0 saturated carbocycles. The van der Waals surface area contributed by atoms with Crippen LogP contribution in [0.25, 0.3) is 0 Å². The van der Waals surface area contributed by atoms with Crippen molar-refractivity contribution in [2.75, 3.05) is 25.0 Å².